The number of nitrogens with zero attached hydrogens (tertiary/aromatic N) is 3. The number of aryl methyl sites for hydroxylation is 1. The lowest BCUT2D eigenvalue weighted by atomic mass is 10.2. The zero-order chi connectivity index (χ0) is 13.3. The van der Waals surface area contributed by atoms with Crippen LogP contribution < -0.4 is 10.6 Å². The topological polar surface area (TPSA) is 54.2 Å². The molecule has 0 aliphatic heterocycles. The molecule has 1 aliphatic rings. The van der Waals surface area contributed by atoms with Gasteiger partial charge in [-0.05, 0) is 31.2 Å². The quantitative estimate of drug-likeness (QED) is 0.309. The zero-order valence-electron chi connectivity index (χ0n) is 12.2. The molecule has 0 spiro atoms. The highest BCUT2D eigenvalue weighted by Gasteiger charge is 2.19. The molecule has 2 N–H and O–H groups in total. The van der Waals surface area contributed by atoms with Crippen LogP contribution in [-0.2, 0) is 6.54 Å². The molecule has 0 unspecified atom stereocenters. The highest BCUT2D eigenvalue weighted by atomic mass is 127. The smallest absolute Gasteiger partial charge is 0.190 e. The van der Waals surface area contributed by atoms with Crippen LogP contribution in [0.1, 0.15) is 32.1 Å². The van der Waals surface area contributed by atoms with Crippen LogP contribution in [0.15, 0.2) is 23.5 Å². The second-order valence-electron chi connectivity index (χ2n) is 5.13. The minimum atomic E-state index is 0. The Labute approximate surface area is 138 Å². The van der Waals surface area contributed by atoms with E-state index >= 15 is 0 Å². The molecule has 6 heteroatoms. The summed E-state index contributed by atoms with van der Waals surface area (Å²) in [6, 6.07) is 1.95. The van der Waals surface area contributed by atoms with Gasteiger partial charge in [0.25, 0.3) is 0 Å². The summed E-state index contributed by atoms with van der Waals surface area (Å²) in [5.74, 6) is 1.93. The van der Waals surface area contributed by atoms with Gasteiger partial charge in [0.2, 0.25) is 0 Å². The van der Waals surface area contributed by atoms with Crippen molar-refractivity contribution in [3.05, 3.63) is 18.5 Å². The van der Waals surface area contributed by atoms with Gasteiger partial charge in [-0.2, -0.15) is 5.10 Å². The molecule has 0 atom stereocenters. The Hall–Kier alpha value is -0.790. The second-order valence-corrected chi connectivity index (χ2v) is 5.13. The van der Waals surface area contributed by atoms with Crippen molar-refractivity contribution in [3.63, 3.8) is 0 Å². The Bertz CT molecular complexity index is 373. The summed E-state index contributed by atoms with van der Waals surface area (Å²) in [5.41, 5.74) is 0. The predicted molar refractivity (Wildman–Crippen MR) is 93.6 cm³/mol. The van der Waals surface area contributed by atoms with Gasteiger partial charge < -0.3 is 10.6 Å². The molecule has 1 fully saturated rings. The maximum atomic E-state index is 4.23. The highest BCUT2D eigenvalue weighted by Crippen LogP contribution is 2.33. The van der Waals surface area contributed by atoms with Crippen molar-refractivity contribution in [1.29, 1.82) is 0 Å². The first-order valence-electron chi connectivity index (χ1n) is 7.30. The Balaban J connectivity index is 0.00000200. The molecule has 0 bridgehead atoms. The molecule has 5 nitrogen and oxygen atoms in total. The van der Waals surface area contributed by atoms with E-state index < -0.39 is 0 Å². The molecule has 1 heterocycles. The van der Waals surface area contributed by atoms with Crippen LogP contribution in [0.25, 0.3) is 0 Å². The first-order valence-corrected chi connectivity index (χ1v) is 7.30. The number of halogens is 1. The first kappa shape index (κ1) is 17.3. The number of aliphatic imine (C=N–C) groups is 1. The third-order valence-corrected chi connectivity index (χ3v) is 3.42. The van der Waals surface area contributed by atoms with Crippen molar-refractivity contribution in [2.24, 2.45) is 10.9 Å². The van der Waals surface area contributed by atoms with Crippen LogP contribution in [0.4, 0.5) is 0 Å². The number of hydrogen-bond acceptors (Lipinski definition) is 2. The lowest BCUT2D eigenvalue weighted by Gasteiger charge is -2.11. The van der Waals surface area contributed by atoms with Gasteiger partial charge in [-0.3, -0.25) is 9.67 Å². The van der Waals surface area contributed by atoms with E-state index in [4.69, 9.17) is 0 Å². The van der Waals surface area contributed by atoms with Crippen LogP contribution in [0.3, 0.4) is 0 Å². The average Bonchev–Trinajstić information content (AvgIpc) is 3.11. The lowest BCUT2D eigenvalue weighted by molar-refractivity contribution is 0.569. The van der Waals surface area contributed by atoms with E-state index in [9.17, 15) is 0 Å². The number of nitrogens with one attached hydrogen (secondary N) is 2. The van der Waals surface area contributed by atoms with E-state index in [1.807, 2.05) is 30.2 Å². The van der Waals surface area contributed by atoms with Gasteiger partial charge in [0.1, 0.15) is 0 Å². The van der Waals surface area contributed by atoms with E-state index in [2.05, 4.69) is 20.7 Å². The van der Waals surface area contributed by atoms with Crippen molar-refractivity contribution in [2.75, 3.05) is 20.1 Å². The third kappa shape index (κ3) is 7.12. The van der Waals surface area contributed by atoms with Gasteiger partial charge in [0.05, 0.1) is 0 Å². The highest BCUT2D eigenvalue weighted by molar-refractivity contribution is 14.0. The molecular weight excluding hydrogens is 365 g/mol. The second kappa shape index (κ2) is 10.0. The van der Waals surface area contributed by atoms with Crippen LogP contribution >= 0.6 is 24.0 Å². The summed E-state index contributed by atoms with van der Waals surface area (Å²) in [5, 5.41) is 10.9. The van der Waals surface area contributed by atoms with Gasteiger partial charge in [-0.25, -0.2) is 0 Å². The van der Waals surface area contributed by atoms with Gasteiger partial charge in [-0.15, -0.1) is 24.0 Å². The maximum Gasteiger partial charge on any atom is 0.190 e. The lowest BCUT2D eigenvalue weighted by Crippen LogP contribution is -2.38. The SMILES string of the molecule is CN=C(NCCCC1CC1)NCCCn1cccn1.I. The molecule has 0 radical (unpaired) electrons. The fraction of sp³-hybridized carbons (Fsp3) is 0.714. The molecule has 1 aromatic rings. The maximum absolute atomic E-state index is 4.23. The average molecular weight is 391 g/mol. The zero-order valence-corrected chi connectivity index (χ0v) is 14.5. The summed E-state index contributed by atoms with van der Waals surface area (Å²) < 4.78 is 1.95. The van der Waals surface area contributed by atoms with Crippen LogP contribution in [0, 0.1) is 5.92 Å². The Morgan fingerprint density at radius 1 is 1.30 bits per heavy atom. The molecule has 1 aliphatic carbocycles. The van der Waals surface area contributed by atoms with E-state index in [-0.39, 0.29) is 24.0 Å². The fourth-order valence-electron chi connectivity index (χ4n) is 2.11. The first-order chi connectivity index (χ1) is 9.38. The number of guanidine groups is 1. The molecule has 2 rings (SSSR count). The van der Waals surface area contributed by atoms with Crippen molar-refractivity contribution in [1.82, 2.24) is 20.4 Å². The standard InChI is InChI=1S/C14H25N5.HI/c1-15-14(16-8-2-5-13-6-7-13)17-9-3-11-19-12-4-10-18-19;/h4,10,12-13H,2-3,5-9,11H2,1H3,(H2,15,16,17);1H. The molecule has 114 valence electrons. The van der Waals surface area contributed by atoms with Crippen molar-refractivity contribution in [3.8, 4) is 0 Å². The number of hydrogen-bond donors (Lipinski definition) is 2. The summed E-state index contributed by atoms with van der Waals surface area (Å²) >= 11 is 0. The molecule has 1 aromatic heterocycles. The normalized spacial score (nSPS) is 14.8. The summed E-state index contributed by atoms with van der Waals surface area (Å²) in [6.07, 6.45) is 10.4. The summed E-state index contributed by atoms with van der Waals surface area (Å²) in [7, 11) is 1.82. The van der Waals surface area contributed by atoms with Gasteiger partial charge in [0, 0.05) is 39.1 Å². The molecular formula is C14H26IN5. The molecule has 0 amide bonds. The minimum Gasteiger partial charge on any atom is -0.356 e. The Morgan fingerprint density at radius 3 is 2.65 bits per heavy atom. The number of aromatic nitrogens is 2. The monoisotopic (exact) mass is 391 g/mol. The Kier molecular flexibility index (Phi) is 8.64. The Morgan fingerprint density at radius 2 is 2.05 bits per heavy atom. The fourth-order valence-corrected chi connectivity index (χ4v) is 2.11. The number of rotatable bonds is 8. The van der Waals surface area contributed by atoms with E-state index in [1.165, 1.54) is 25.7 Å². The molecule has 20 heavy (non-hydrogen) atoms. The van der Waals surface area contributed by atoms with Gasteiger partial charge >= 0.3 is 0 Å². The summed E-state index contributed by atoms with van der Waals surface area (Å²) in [4.78, 5) is 4.23. The molecule has 1 saturated carbocycles. The minimum absolute atomic E-state index is 0. The van der Waals surface area contributed by atoms with Crippen molar-refractivity contribution < 1.29 is 0 Å². The van der Waals surface area contributed by atoms with Crippen LogP contribution in [0.5, 0.6) is 0 Å². The largest absolute Gasteiger partial charge is 0.356 e. The predicted octanol–water partition coefficient (Wildman–Crippen LogP) is 2.25. The van der Waals surface area contributed by atoms with Crippen LogP contribution in [-0.4, -0.2) is 35.9 Å². The van der Waals surface area contributed by atoms with Gasteiger partial charge in [0.15, 0.2) is 5.96 Å². The van der Waals surface area contributed by atoms with Crippen molar-refractivity contribution in [2.45, 2.75) is 38.6 Å². The molecule has 0 saturated heterocycles. The van der Waals surface area contributed by atoms with E-state index in [1.54, 1.807) is 0 Å². The third-order valence-electron chi connectivity index (χ3n) is 3.42. The summed E-state index contributed by atoms with van der Waals surface area (Å²) in [6.45, 7) is 2.89. The van der Waals surface area contributed by atoms with Gasteiger partial charge in [-0.1, -0.05) is 12.8 Å². The van der Waals surface area contributed by atoms with Crippen molar-refractivity contribution >= 4 is 29.9 Å². The van der Waals surface area contributed by atoms with E-state index in [0.717, 1.165) is 37.9 Å². The molecule has 0 aromatic carbocycles. The van der Waals surface area contributed by atoms with E-state index in [0.29, 0.717) is 0 Å². The van der Waals surface area contributed by atoms with Crippen LogP contribution in [0.2, 0.25) is 0 Å².